The van der Waals surface area contributed by atoms with Gasteiger partial charge in [-0.1, -0.05) is 0 Å². The molecule has 0 aromatic carbocycles. The van der Waals surface area contributed by atoms with Crippen molar-refractivity contribution >= 4 is 0 Å². The van der Waals surface area contributed by atoms with E-state index in [9.17, 15) is 0 Å². The third kappa shape index (κ3) is 1.51. The van der Waals surface area contributed by atoms with E-state index in [0.717, 1.165) is 5.69 Å². The van der Waals surface area contributed by atoms with E-state index in [1.165, 1.54) is 0 Å². The van der Waals surface area contributed by atoms with Gasteiger partial charge >= 0.3 is 0 Å². The molecule has 0 saturated carbocycles. The van der Waals surface area contributed by atoms with Crippen molar-refractivity contribution < 1.29 is 0 Å². The number of rotatable bonds is 1. The molecule has 1 aromatic rings. The van der Waals surface area contributed by atoms with Crippen molar-refractivity contribution in [3.63, 3.8) is 0 Å². The Morgan fingerprint density at radius 3 is 2.70 bits per heavy atom. The normalized spacial score (nSPS) is 13.1. The highest BCUT2D eigenvalue weighted by atomic mass is 14.9. The van der Waals surface area contributed by atoms with E-state index in [4.69, 9.17) is 5.73 Å². The SMILES string of the molecule is Cc1ccnc([C@H](C)N)n1. The molecule has 0 radical (unpaired) electrons. The van der Waals surface area contributed by atoms with Gasteiger partial charge in [-0.25, -0.2) is 9.97 Å². The summed E-state index contributed by atoms with van der Waals surface area (Å²) in [6.45, 7) is 3.79. The van der Waals surface area contributed by atoms with Crippen LogP contribution in [0.25, 0.3) is 0 Å². The average molecular weight is 137 g/mol. The highest BCUT2D eigenvalue weighted by molar-refractivity contribution is 5.01. The average Bonchev–Trinajstić information content (AvgIpc) is 1.88. The standard InChI is InChI=1S/C7H11N3/c1-5-3-4-9-7(10-5)6(2)8/h3-4,6H,8H2,1-2H3/t6-/m0/s1. The third-order valence-electron chi connectivity index (χ3n) is 1.22. The second kappa shape index (κ2) is 2.75. The Hall–Kier alpha value is -0.960. The van der Waals surface area contributed by atoms with Gasteiger partial charge in [-0.2, -0.15) is 0 Å². The molecule has 0 aliphatic carbocycles. The Kier molecular flexibility index (Phi) is 1.97. The van der Waals surface area contributed by atoms with Crippen LogP contribution in [0.15, 0.2) is 12.3 Å². The summed E-state index contributed by atoms with van der Waals surface area (Å²) in [6.07, 6.45) is 1.72. The Morgan fingerprint density at radius 1 is 1.60 bits per heavy atom. The van der Waals surface area contributed by atoms with Gasteiger partial charge in [0, 0.05) is 11.9 Å². The summed E-state index contributed by atoms with van der Waals surface area (Å²) in [5, 5.41) is 0. The molecule has 3 heteroatoms. The summed E-state index contributed by atoms with van der Waals surface area (Å²) in [5.74, 6) is 0.708. The van der Waals surface area contributed by atoms with Crippen LogP contribution in [0.1, 0.15) is 24.5 Å². The van der Waals surface area contributed by atoms with Gasteiger partial charge in [0.15, 0.2) is 0 Å². The predicted molar refractivity (Wildman–Crippen MR) is 39.4 cm³/mol. The Bertz CT molecular complexity index is 220. The first-order valence-corrected chi connectivity index (χ1v) is 3.25. The lowest BCUT2D eigenvalue weighted by Gasteiger charge is -2.02. The molecular formula is C7H11N3. The summed E-state index contributed by atoms with van der Waals surface area (Å²) in [6, 6.07) is 1.78. The van der Waals surface area contributed by atoms with Gasteiger partial charge in [-0.15, -0.1) is 0 Å². The minimum atomic E-state index is -0.0695. The molecular weight excluding hydrogens is 126 g/mol. The minimum absolute atomic E-state index is 0.0695. The van der Waals surface area contributed by atoms with Crippen LogP contribution in [0.4, 0.5) is 0 Å². The first-order chi connectivity index (χ1) is 4.70. The molecule has 0 spiro atoms. The fraction of sp³-hybridized carbons (Fsp3) is 0.429. The molecule has 0 fully saturated rings. The van der Waals surface area contributed by atoms with E-state index in [2.05, 4.69) is 9.97 Å². The van der Waals surface area contributed by atoms with Gasteiger partial charge < -0.3 is 5.73 Å². The van der Waals surface area contributed by atoms with Gasteiger partial charge in [-0.05, 0) is 19.9 Å². The predicted octanol–water partition coefficient (Wildman–Crippen LogP) is 0.805. The number of hydrogen-bond donors (Lipinski definition) is 1. The van der Waals surface area contributed by atoms with Crippen molar-refractivity contribution in [2.75, 3.05) is 0 Å². The molecule has 0 aliphatic heterocycles. The van der Waals surface area contributed by atoms with Gasteiger partial charge in [0.1, 0.15) is 5.82 Å². The fourth-order valence-corrected chi connectivity index (χ4v) is 0.688. The molecule has 3 nitrogen and oxygen atoms in total. The maximum Gasteiger partial charge on any atom is 0.144 e. The van der Waals surface area contributed by atoms with E-state index in [1.807, 2.05) is 19.9 Å². The summed E-state index contributed by atoms with van der Waals surface area (Å²) >= 11 is 0. The Labute approximate surface area is 60.3 Å². The van der Waals surface area contributed by atoms with Gasteiger partial charge in [-0.3, -0.25) is 0 Å². The fourth-order valence-electron chi connectivity index (χ4n) is 0.688. The molecule has 54 valence electrons. The zero-order valence-corrected chi connectivity index (χ0v) is 6.20. The summed E-state index contributed by atoms with van der Waals surface area (Å²) in [7, 11) is 0. The second-order valence-corrected chi connectivity index (χ2v) is 2.34. The molecule has 0 saturated heterocycles. The molecule has 0 bridgehead atoms. The molecule has 0 unspecified atom stereocenters. The molecule has 1 atom stereocenters. The van der Waals surface area contributed by atoms with E-state index in [1.54, 1.807) is 6.20 Å². The maximum absolute atomic E-state index is 5.56. The minimum Gasteiger partial charge on any atom is -0.322 e. The molecule has 1 aromatic heterocycles. The van der Waals surface area contributed by atoms with Gasteiger partial charge in [0.05, 0.1) is 6.04 Å². The monoisotopic (exact) mass is 137 g/mol. The van der Waals surface area contributed by atoms with Gasteiger partial charge in [0.25, 0.3) is 0 Å². The number of hydrogen-bond acceptors (Lipinski definition) is 3. The van der Waals surface area contributed by atoms with Crippen LogP contribution < -0.4 is 5.73 Å². The summed E-state index contributed by atoms with van der Waals surface area (Å²) < 4.78 is 0. The number of aromatic nitrogens is 2. The molecule has 1 rings (SSSR count). The van der Waals surface area contributed by atoms with Crippen LogP contribution in [0, 0.1) is 6.92 Å². The van der Waals surface area contributed by atoms with Crippen molar-refractivity contribution in [2.45, 2.75) is 19.9 Å². The van der Waals surface area contributed by atoms with Crippen LogP contribution in [0.3, 0.4) is 0 Å². The zero-order chi connectivity index (χ0) is 7.56. The first-order valence-electron chi connectivity index (χ1n) is 3.25. The Morgan fingerprint density at radius 2 is 2.30 bits per heavy atom. The molecule has 2 N–H and O–H groups in total. The maximum atomic E-state index is 5.56. The molecule has 0 aliphatic rings. The highest BCUT2D eigenvalue weighted by Crippen LogP contribution is 2.01. The van der Waals surface area contributed by atoms with Crippen molar-refractivity contribution in [2.24, 2.45) is 5.73 Å². The topological polar surface area (TPSA) is 51.8 Å². The number of nitrogens with zero attached hydrogens (tertiary/aromatic N) is 2. The summed E-state index contributed by atoms with van der Waals surface area (Å²) in [4.78, 5) is 8.14. The Balaban J connectivity index is 2.96. The van der Waals surface area contributed by atoms with Crippen LogP contribution in [-0.4, -0.2) is 9.97 Å². The lowest BCUT2D eigenvalue weighted by Crippen LogP contribution is -2.09. The highest BCUT2D eigenvalue weighted by Gasteiger charge is 2.00. The van der Waals surface area contributed by atoms with Crippen LogP contribution in [-0.2, 0) is 0 Å². The van der Waals surface area contributed by atoms with E-state index in [0.29, 0.717) is 5.82 Å². The van der Waals surface area contributed by atoms with Crippen LogP contribution in [0.5, 0.6) is 0 Å². The number of nitrogens with two attached hydrogens (primary N) is 1. The van der Waals surface area contributed by atoms with Crippen molar-refractivity contribution in [3.8, 4) is 0 Å². The van der Waals surface area contributed by atoms with Crippen molar-refractivity contribution in [1.29, 1.82) is 0 Å². The van der Waals surface area contributed by atoms with Gasteiger partial charge in [0.2, 0.25) is 0 Å². The lowest BCUT2D eigenvalue weighted by molar-refractivity contribution is 0.733. The molecule has 1 heterocycles. The van der Waals surface area contributed by atoms with Crippen LogP contribution >= 0.6 is 0 Å². The zero-order valence-electron chi connectivity index (χ0n) is 6.20. The van der Waals surface area contributed by atoms with E-state index < -0.39 is 0 Å². The smallest absolute Gasteiger partial charge is 0.144 e. The second-order valence-electron chi connectivity index (χ2n) is 2.34. The quantitative estimate of drug-likeness (QED) is 0.623. The largest absolute Gasteiger partial charge is 0.322 e. The van der Waals surface area contributed by atoms with E-state index >= 15 is 0 Å². The van der Waals surface area contributed by atoms with E-state index in [-0.39, 0.29) is 6.04 Å². The molecule has 10 heavy (non-hydrogen) atoms. The lowest BCUT2D eigenvalue weighted by atomic mass is 10.3. The van der Waals surface area contributed by atoms with Crippen molar-refractivity contribution in [1.82, 2.24) is 9.97 Å². The third-order valence-corrected chi connectivity index (χ3v) is 1.22. The van der Waals surface area contributed by atoms with Crippen LogP contribution in [0.2, 0.25) is 0 Å². The summed E-state index contributed by atoms with van der Waals surface area (Å²) in [5.41, 5.74) is 6.52. The van der Waals surface area contributed by atoms with Crippen molar-refractivity contribution in [3.05, 3.63) is 23.8 Å². The number of aryl methyl sites for hydroxylation is 1. The first kappa shape index (κ1) is 7.15. The molecule has 0 amide bonds.